The predicted molar refractivity (Wildman–Crippen MR) is 117 cm³/mol. The number of ether oxygens (including phenoxy) is 2. The smallest absolute Gasteiger partial charge is 0.407 e. The summed E-state index contributed by atoms with van der Waals surface area (Å²) in [5.41, 5.74) is 1.02. The average Bonchev–Trinajstić information content (AvgIpc) is 3.13. The maximum absolute atomic E-state index is 12.0. The third kappa shape index (κ3) is 6.10. The van der Waals surface area contributed by atoms with Crippen molar-refractivity contribution in [1.29, 1.82) is 0 Å². The van der Waals surface area contributed by atoms with Crippen LogP contribution in [0.3, 0.4) is 0 Å². The Kier molecular flexibility index (Phi) is 7.14. The van der Waals surface area contributed by atoms with Crippen molar-refractivity contribution in [1.82, 2.24) is 10.3 Å². The van der Waals surface area contributed by atoms with E-state index in [4.69, 9.17) is 13.9 Å². The Morgan fingerprint density at radius 1 is 1.12 bits per heavy atom. The molecule has 0 atom stereocenters. The maximum Gasteiger partial charge on any atom is 0.407 e. The molecule has 2 N–H and O–H groups in total. The number of rotatable bonds is 9. The number of hydrogen-bond acceptors (Lipinski definition) is 6. The molecular formula is C24H26N2O6. The summed E-state index contributed by atoms with van der Waals surface area (Å²) in [5, 5.41) is 11.8. The van der Waals surface area contributed by atoms with Crippen molar-refractivity contribution in [3.63, 3.8) is 0 Å². The Morgan fingerprint density at radius 2 is 1.88 bits per heavy atom. The second-order valence-corrected chi connectivity index (χ2v) is 7.69. The number of nitrogens with one attached hydrogen (secondary N) is 1. The molecule has 0 saturated carbocycles. The monoisotopic (exact) mass is 438 g/mol. The number of aromatic nitrogens is 1. The van der Waals surface area contributed by atoms with E-state index in [1.165, 1.54) is 13.8 Å². The van der Waals surface area contributed by atoms with Crippen LogP contribution in [0.2, 0.25) is 0 Å². The first-order valence-corrected chi connectivity index (χ1v) is 10.2. The van der Waals surface area contributed by atoms with Gasteiger partial charge in [0.25, 0.3) is 0 Å². The van der Waals surface area contributed by atoms with Crippen molar-refractivity contribution in [3.05, 3.63) is 71.6 Å². The lowest BCUT2D eigenvalue weighted by atomic mass is 10.1. The molecule has 32 heavy (non-hydrogen) atoms. The second kappa shape index (κ2) is 10.00. The summed E-state index contributed by atoms with van der Waals surface area (Å²) >= 11 is 0. The van der Waals surface area contributed by atoms with Crippen LogP contribution in [0.25, 0.3) is 11.5 Å². The van der Waals surface area contributed by atoms with E-state index in [9.17, 15) is 14.7 Å². The predicted octanol–water partition coefficient (Wildman–Crippen LogP) is 4.36. The zero-order chi connectivity index (χ0) is 23.1. The Bertz CT molecular complexity index is 1080. The Balaban J connectivity index is 1.47. The molecule has 0 fully saturated rings. The van der Waals surface area contributed by atoms with E-state index >= 15 is 0 Å². The highest BCUT2D eigenvalue weighted by Crippen LogP contribution is 2.22. The van der Waals surface area contributed by atoms with Crippen molar-refractivity contribution in [3.8, 4) is 17.2 Å². The summed E-state index contributed by atoms with van der Waals surface area (Å²) in [4.78, 5) is 27.7. The van der Waals surface area contributed by atoms with E-state index in [0.717, 1.165) is 16.8 Å². The molecule has 1 heterocycles. The summed E-state index contributed by atoms with van der Waals surface area (Å²) in [7, 11) is 0. The van der Waals surface area contributed by atoms with Crippen LogP contribution >= 0.6 is 0 Å². The fourth-order valence-corrected chi connectivity index (χ4v) is 2.89. The second-order valence-electron chi connectivity index (χ2n) is 7.69. The zero-order valence-electron chi connectivity index (χ0n) is 18.3. The van der Waals surface area contributed by atoms with E-state index in [2.05, 4.69) is 10.3 Å². The van der Waals surface area contributed by atoms with Crippen molar-refractivity contribution in [2.75, 3.05) is 6.61 Å². The number of aliphatic carboxylic acids is 1. The van der Waals surface area contributed by atoms with Gasteiger partial charge in [0.05, 0.1) is 12.3 Å². The lowest BCUT2D eigenvalue weighted by Gasteiger charge is -2.21. The van der Waals surface area contributed by atoms with Crippen molar-refractivity contribution < 1.29 is 28.6 Å². The number of alkyl carbamates (subject to hydrolysis) is 1. The summed E-state index contributed by atoms with van der Waals surface area (Å²) in [6.45, 7) is 5.14. The van der Waals surface area contributed by atoms with Crippen LogP contribution < -0.4 is 10.1 Å². The van der Waals surface area contributed by atoms with Crippen LogP contribution in [-0.4, -0.2) is 34.4 Å². The number of aryl methyl sites for hydroxylation is 1. The van der Waals surface area contributed by atoms with Gasteiger partial charge in [-0.2, -0.15) is 0 Å². The summed E-state index contributed by atoms with van der Waals surface area (Å²) in [6.07, 6.45) is -0.130. The first-order chi connectivity index (χ1) is 15.2. The van der Waals surface area contributed by atoms with Crippen LogP contribution in [0.1, 0.15) is 30.9 Å². The van der Waals surface area contributed by atoms with Crippen LogP contribution in [0, 0.1) is 6.92 Å². The largest absolute Gasteiger partial charge is 0.478 e. The molecule has 0 saturated heterocycles. The number of carboxylic acid groups (broad SMARTS) is 1. The highest BCUT2D eigenvalue weighted by atomic mass is 16.5. The molecule has 0 aliphatic rings. The Morgan fingerprint density at radius 3 is 2.59 bits per heavy atom. The van der Waals surface area contributed by atoms with E-state index < -0.39 is 17.7 Å². The van der Waals surface area contributed by atoms with E-state index in [1.54, 1.807) is 24.3 Å². The van der Waals surface area contributed by atoms with Gasteiger partial charge in [-0.15, -0.1) is 0 Å². The van der Waals surface area contributed by atoms with Gasteiger partial charge < -0.3 is 24.3 Å². The molecule has 3 aromatic rings. The van der Waals surface area contributed by atoms with E-state index in [0.29, 0.717) is 23.8 Å². The molecule has 0 unspecified atom stereocenters. The standard InChI is InChI=1S/C24H26N2O6/c1-16-20(26-21(31-16)18-9-5-4-6-10-18)12-13-30-23(29)25-15-17-8-7-11-19(14-17)32-24(2,3)22(27)28/h4-11,14H,12-13,15H2,1-3H3,(H,25,29)(H,27,28). The summed E-state index contributed by atoms with van der Waals surface area (Å²) in [5.74, 6) is 0.563. The number of carboxylic acids is 1. The van der Waals surface area contributed by atoms with Gasteiger partial charge in [0.1, 0.15) is 11.5 Å². The van der Waals surface area contributed by atoms with Gasteiger partial charge in [-0.25, -0.2) is 14.6 Å². The number of nitrogens with zero attached hydrogens (tertiary/aromatic N) is 1. The normalized spacial score (nSPS) is 11.1. The summed E-state index contributed by atoms with van der Waals surface area (Å²) in [6, 6.07) is 16.5. The van der Waals surface area contributed by atoms with E-state index in [-0.39, 0.29) is 13.2 Å². The first kappa shape index (κ1) is 22.9. The van der Waals surface area contributed by atoms with E-state index in [1.807, 2.05) is 37.3 Å². The van der Waals surface area contributed by atoms with Gasteiger partial charge in [0, 0.05) is 18.5 Å². The van der Waals surface area contributed by atoms with Gasteiger partial charge >= 0.3 is 12.1 Å². The molecule has 2 aromatic carbocycles. The molecule has 0 radical (unpaired) electrons. The van der Waals surface area contributed by atoms with Crippen LogP contribution in [0.4, 0.5) is 4.79 Å². The topological polar surface area (TPSA) is 111 Å². The number of carbonyl (C=O) groups is 2. The minimum atomic E-state index is -1.36. The molecule has 8 nitrogen and oxygen atoms in total. The fourth-order valence-electron chi connectivity index (χ4n) is 2.89. The molecule has 0 bridgehead atoms. The van der Waals surface area contributed by atoms with Gasteiger partial charge in [-0.05, 0) is 50.6 Å². The third-order valence-electron chi connectivity index (χ3n) is 4.71. The molecular weight excluding hydrogens is 412 g/mol. The van der Waals surface area contributed by atoms with Gasteiger partial charge in [-0.3, -0.25) is 0 Å². The minimum absolute atomic E-state index is 0.156. The molecule has 0 spiro atoms. The quantitative estimate of drug-likeness (QED) is 0.511. The molecule has 1 aromatic heterocycles. The van der Waals surface area contributed by atoms with Gasteiger partial charge in [0.15, 0.2) is 5.60 Å². The number of hydrogen-bond donors (Lipinski definition) is 2. The Labute approximate surface area is 186 Å². The Hall–Kier alpha value is -3.81. The van der Waals surface area contributed by atoms with Crippen LogP contribution in [-0.2, 0) is 22.5 Å². The molecule has 3 rings (SSSR count). The maximum atomic E-state index is 12.0. The lowest BCUT2D eigenvalue weighted by Crippen LogP contribution is -2.37. The number of benzene rings is 2. The minimum Gasteiger partial charge on any atom is -0.478 e. The molecule has 0 aliphatic carbocycles. The van der Waals surface area contributed by atoms with Crippen LogP contribution in [0.5, 0.6) is 5.75 Å². The third-order valence-corrected chi connectivity index (χ3v) is 4.71. The van der Waals surface area contributed by atoms with Crippen LogP contribution in [0.15, 0.2) is 59.0 Å². The number of amides is 1. The highest BCUT2D eigenvalue weighted by molar-refractivity contribution is 5.76. The lowest BCUT2D eigenvalue weighted by molar-refractivity contribution is -0.152. The summed E-state index contributed by atoms with van der Waals surface area (Å²) < 4.78 is 16.5. The fraction of sp³-hybridized carbons (Fsp3) is 0.292. The first-order valence-electron chi connectivity index (χ1n) is 10.2. The van der Waals surface area contributed by atoms with Crippen molar-refractivity contribution in [2.45, 2.75) is 39.3 Å². The number of carbonyl (C=O) groups excluding carboxylic acids is 1. The van der Waals surface area contributed by atoms with Crippen molar-refractivity contribution >= 4 is 12.1 Å². The van der Waals surface area contributed by atoms with Gasteiger partial charge in [-0.1, -0.05) is 30.3 Å². The molecule has 1 amide bonds. The molecule has 8 heteroatoms. The molecule has 168 valence electrons. The SMILES string of the molecule is Cc1oc(-c2ccccc2)nc1CCOC(=O)NCc1cccc(OC(C)(C)C(=O)O)c1. The average molecular weight is 438 g/mol. The molecule has 0 aliphatic heterocycles. The zero-order valence-corrected chi connectivity index (χ0v) is 18.3. The number of oxazole rings is 1. The highest BCUT2D eigenvalue weighted by Gasteiger charge is 2.29. The van der Waals surface area contributed by atoms with Gasteiger partial charge in [0.2, 0.25) is 5.89 Å². The van der Waals surface area contributed by atoms with Crippen molar-refractivity contribution in [2.24, 2.45) is 0 Å².